The van der Waals surface area contributed by atoms with Crippen molar-refractivity contribution in [1.82, 2.24) is 25.2 Å². The number of anilines is 1. The van der Waals surface area contributed by atoms with Gasteiger partial charge >= 0.3 is 6.01 Å². The number of hydrogen-bond donors (Lipinski definition) is 2. The van der Waals surface area contributed by atoms with E-state index in [1.165, 1.54) is 30.3 Å². The highest BCUT2D eigenvalue weighted by atomic mass is 19.1. The number of hydrogen-bond acceptors (Lipinski definition) is 8. The number of benzene rings is 2. The zero-order valence-corrected chi connectivity index (χ0v) is 22.7. The second-order valence-electron chi connectivity index (χ2n) is 11.3. The lowest BCUT2D eigenvalue weighted by molar-refractivity contribution is 0.188. The van der Waals surface area contributed by atoms with Gasteiger partial charge in [0.15, 0.2) is 5.65 Å². The van der Waals surface area contributed by atoms with Gasteiger partial charge in [-0.15, -0.1) is 6.42 Å². The van der Waals surface area contributed by atoms with E-state index in [1.807, 2.05) is 0 Å². The lowest BCUT2D eigenvalue weighted by atomic mass is 9.96. The Bertz CT molecular complexity index is 1710. The number of aromatic hydroxyl groups is 1. The highest BCUT2D eigenvalue weighted by molar-refractivity contribution is 6.02. The monoisotopic (exact) mass is 556 g/mol. The average molecular weight is 557 g/mol. The summed E-state index contributed by atoms with van der Waals surface area (Å²) in [6, 6.07) is 8.03. The SMILES string of the molecule is C#Cc1c(F)ccc2cc(O)cc(-c3nc4nc(OCC5CCCN5C)nc(N5CC6CCC(C5)N6)c4cc3F)c12. The Labute approximate surface area is 236 Å². The fourth-order valence-electron chi connectivity index (χ4n) is 6.57. The summed E-state index contributed by atoms with van der Waals surface area (Å²) in [5.74, 6) is 1.58. The number of fused-ring (bicyclic) bond motifs is 4. The van der Waals surface area contributed by atoms with Crippen LogP contribution in [0.2, 0.25) is 0 Å². The molecule has 0 radical (unpaired) electrons. The summed E-state index contributed by atoms with van der Waals surface area (Å²) in [7, 11) is 2.08. The number of ether oxygens (including phenoxy) is 1. The fraction of sp³-hybridized carbons (Fsp3) is 0.387. The number of aromatic nitrogens is 3. The van der Waals surface area contributed by atoms with Crippen LogP contribution in [0.1, 0.15) is 31.2 Å². The van der Waals surface area contributed by atoms with Gasteiger partial charge in [-0.1, -0.05) is 12.0 Å². The first-order valence-corrected chi connectivity index (χ1v) is 14.0. The summed E-state index contributed by atoms with van der Waals surface area (Å²) in [4.78, 5) is 18.5. The molecule has 2 aromatic carbocycles. The number of likely N-dealkylation sites (tertiary alicyclic amines) is 1. The van der Waals surface area contributed by atoms with Crippen LogP contribution in [0.3, 0.4) is 0 Å². The number of nitrogens with zero attached hydrogens (tertiary/aromatic N) is 5. The minimum Gasteiger partial charge on any atom is -0.508 e. The van der Waals surface area contributed by atoms with Crippen molar-refractivity contribution in [2.24, 2.45) is 0 Å². The molecule has 0 spiro atoms. The maximum Gasteiger partial charge on any atom is 0.320 e. The van der Waals surface area contributed by atoms with Gasteiger partial charge in [0.05, 0.1) is 10.9 Å². The summed E-state index contributed by atoms with van der Waals surface area (Å²) in [5, 5.41) is 15.3. The Morgan fingerprint density at radius 3 is 2.61 bits per heavy atom. The maximum atomic E-state index is 16.0. The summed E-state index contributed by atoms with van der Waals surface area (Å²) in [6.45, 7) is 2.92. The number of piperazine rings is 1. The van der Waals surface area contributed by atoms with Crippen LogP contribution in [0.15, 0.2) is 30.3 Å². The van der Waals surface area contributed by atoms with Gasteiger partial charge in [0.2, 0.25) is 0 Å². The van der Waals surface area contributed by atoms with Gasteiger partial charge < -0.3 is 25.0 Å². The molecule has 8 nitrogen and oxygen atoms in total. The normalized spacial score (nSPS) is 22.5. The molecule has 2 bridgehead atoms. The average Bonchev–Trinajstić information content (AvgIpc) is 3.53. The molecule has 3 saturated heterocycles. The van der Waals surface area contributed by atoms with E-state index < -0.39 is 11.6 Å². The van der Waals surface area contributed by atoms with E-state index in [0.29, 0.717) is 40.7 Å². The molecule has 3 atom stereocenters. The van der Waals surface area contributed by atoms with E-state index >= 15 is 4.39 Å². The molecule has 2 aromatic heterocycles. The summed E-state index contributed by atoms with van der Waals surface area (Å²) in [5.41, 5.74) is 0.319. The minimum absolute atomic E-state index is 0.0248. The van der Waals surface area contributed by atoms with Gasteiger partial charge in [-0.05, 0) is 68.9 Å². The minimum atomic E-state index is -0.652. The fourth-order valence-corrected chi connectivity index (χ4v) is 6.57. The highest BCUT2D eigenvalue weighted by Crippen LogP contribution is 2.38. The van der Waals surface area contributed by atoms with Crippen molar-refractivity contribution in [3.63, 3.8) is 0 Å². The molecule has 0 amide bonds. The first kappa shape index (κ1) is 25.9. The molecule has 3 unspecified atom stereocenters. The molecule has 41 heavy (non-hydrogen) atoms. The highest BCUT2D eigenvalue weighted by Gasteiger charge is 2.34. The summed E-state index contributed by atoms with van der Waals surface area (Å²) >= 11 is 0. The third-order valence-corrected chi connectivity index (χ3v) is 8.64. The van der Waals surface area contributed by atoms with E-state index in [1.54, 1.807) is 0 Å². The van der Waals surface area contributed by atoms with Crippen LogP contribution in [-0.2, 0) is 0 Å². The lowest BCUT2D eigenvalue weighted by Gasteiger charge is -2.34. The van der Waals surface area contributed by atoms with Crippen LogP contribution in [-0.4, -0.2) is 76.4 Å². The number of halogens is 2. The van der Waals surface area contributed by atoms with Crippen molar-refractivity contribution < 1.29 is 18.6 Å². The van der Waals surface area contributed by atoms with E-state index in [0.717, 1.165) is 45.3 Å². The van der Waals surface area contributed by atoms with Gasteiger partial charge in [-0.2, -0.15) is 9.97 Å². The van der Waals surface area contributed by atoms with Crippen LogP contribution in [0, 0.1) is 24.0 Å². The Morgan fingerprint density at radius 1 is 1.07 bits per heavy atom. The zero-order valence-electron chi connectivity index (χ0n) is 22.7. The molecule has 0 saturated carbocycles. The van der Waals surface area contributed by atoms with Gasteiger partial charge in [-0.3, -0.25) is 0 Å². The molecule has 4 aromatic rings. The van der Waals surface area contributed by atoms with Crippen LogP contribution in [0.5, 0.6) is 11.8 Å². The Balaban J connectivity index is 1.39. The van der Waals surface area contributed by atoms with E-state index in [2.05, 4.69) is 38.1 Å². The van der Waals surface area contributed by atoms with Crippen molar-refractivity contribution in [1.29, 1.82) is 0 Å². The molecule has 10 heteroatoms. The van der Waals surface area contributed by atoms with E-state index in [4.69, 9.17) is 16.1 Å². The predicted octanol–water partition coefficient (Wildman–Crippen LogP) is 4.22. The molecule has 3 aliphatic heterocycles. The number of terminal acetylenes is 1. The topological polar surface area (TPSA) is 86.6 Å². The molecule has 3 fully saturated rings. The van der Waals surface area contributed by atoms with Crippen LogP contribution in [0.25, 0.3) is 33.1 Å². The second-order valence-corrected chi connectivity index (χ2v) is 11.3. The lowest BCUT2D eigenvalue weighted by Crippen LogP contribution is -2.51. The predicted molar refractivity (Wildman–Crippen MR) is 153 cm³/mol. The Morgan fingerprint density at radius 2 is 1.88 bits per heavy atom. The van der Waals surface area contributed by atoms with Crippen molar-refractivity contribution in [3.05, 3.63) is 47.5 Å². The molecule has 2 N–H and O–H groups in total. The first-order chi connectivity index (χ1) is 19.9. The Kier molecular flexibility index (Phi) is 6.36. The maximum absolute atomic E-state index is 16.0. The van der Waals surface area contributed by atoms with Crippen LogP contribution >= 0.6 is 0 Å². The first-order valence-electron chi connectivity index (χ1n) is 14.0. The van der Waals surface area contributed by atoms with Gasteiger partial charge in [-0.25, -0.2) is 13.8 Å². The largest absolute Gasteiger partial charge is 0.508 e. The number of nitrogens with one attached hydrogen (secondary N) is 1. The van der Waals surface area contributed by atoms with Gasteiger partial charge in [0.1, 0.15) is 35.5 Å². The molecular weight excluding hydrogens is 526 g/mol. The molecule has 0 aliphatic carbocycles. The number of phenols is 1. The smallest absolute Gasteiger partial charge is 0.320 e. The number of likely N-dealkylation sites (N-methyl/N-ethyl adjacent to an activating group) is 1. The summed E-state index contributed by atoms with van der Waals surface area (Å²) in [6.07, 6.45) is 9.96. The van der Waals surface area contributed by atoms with Crippen LogP contribution < -0.4 is 15.0 Å². The third kappa shape index (κ3) is 4.59. The summed E-state index contributed by atoms with van der Waals surface area (Å²) < 4.78 is 36.8. The van der Waals surface area contributed by atoms with E-state index in [-0.39, 0.29) is 40.3 Å². The standard InChI is InChI=1S/C31H30F2N6O2/c1-3-22-25(32)9-6-17-11-21(40)12-23(27(17)22)28-26(33)13-24-29(35-28)36-31(41-16-20-5-4-10-38(20)2)37-30(24)39-14-18-7-8-19(15-39)34-18/h1,6,9,11-13,18-20,34,40H,4-5,7-8,10,14-16H2,2H3. The molecule has 7 rings (SSSR count). The Hall–Kier alpha value is -4.07. The van der Waals surface area contributed by atoms with Crippen molar-refractivity contribution in [2.45, 2.75) is 43.8 Å². The third-order valence-electron chi connectivity index (χ3n) is 8.64. The van der Waals surface area contributed by atoms with Crippen LogP contribution in [0.4, 0.5) is 14.6 Å². The van der Waals surface area contributed by atoms with Crippen molar-refractivity contribution in [3.8, 4) is 35.4 Å². The van der Waals surface area contributed by atoms with Crippen molar-refractivity contribution in [2.75, 3.05) is 38.2 Å². The molecule has 5 heterocycles. The van der Waals surface area contributed by atoms with Gasteiger partial charge in [0, 0.05) is 42.2 Å². The van der Waals surface area contributed by atoms with Crippen molar-refractivity contribution >= 4 is 27.6 Å². The second kappa shape index (κ2) is 10.1. The van der Waals surface area contributed by atoms with Gasteiger partial charge in [0.25, 0.3) is 0 Å². The number of rotatable bonds is 5. The number of phenolic OH excluding ortho intramolecular Hbond substituents is 1. The molecule has 210 valence electrons. The molecule has 3 aliphatic rings. The zero-order chi connectivity index (χ0) is 28.2. The van der Waals surface area contributed by atoms with E-state index in [9.17, 15) is 9.50 Å². The molecular formula is C31H30F2N6O2. The quantitative estimate of drug-likeness (QED) is 0.354. The number of pyridine rings is 1.